The van der Waals surface area contributed by atoms with Crippen LogP contribution in [-0.4, -0.2) is 40.9 Å². The number of nitrogens with zero attached hydrogens (tertiary/aromatic N) is 2. The van der Waals surface area contributed by atoms with Crippen LogP contribution < -0.4 is 21.7 Å². The number of nitrogen functional groups attached to an aromatic ring is 1. The van der Waals surface area contributed by atoms with Crippen molar-refractivity contribution in [2.24, 2.45) is 0 Å². The molecule has 1 aromatic heterocycles. The van der Waals surface area contributed by atoms with Gasteiger partial charge in [-0.15, -0.1) is 0 Å². The molecule has 0 saturated carbocycles. The maximum atomic E-state index is 13.3. The highest BCUT2D eigenvalue weighted by atomic mass is 35.5. The van der Waals surface area contributed by atoms with Crippen LogP contribution in [0.15, 0.2) is 48.7 Å². The van der Waals surface area contributed by atoms with Gasteiger partial charge in [0.15, 0.2) is 11.5 Å². The van der Waals surface area contributed by atoms with Gasteiger partial charge < -0.3 is 21.7 Å². The molecule has 1 saturated heterocycles. The Morgan fingerprint density at radius 3 is 2.82 bits per heavy atom. The zero-order valence-corrected chi connectivity index (χ0v) is 19.0. The molecule has 1 atom stereocenters. The van der Waals surface area contributed by atoms with Gasteiger partial charge in [0.1, 0.15) is 5.82 Å². The third kappa shape index (κ3) is 5.67. The van der Waals surface area contributed by atoms with Gasteiger partial charge >= 0.3 is 0 Å². The molecule has 1 aliphatic rings. The average molecular weight is 483 g/mol. The molecule has 34 heavy (non-hydrogen) atoms. The summed E-state index contributed by atoms with van der Waals surface area (Å²) in [5, 5.41) is 8.96. The molecule has 4 rings (SSSR count). The van der Waals surface area contributed by atoms with Crippen molar-refractivity contribution in [3.63, 3.8) is 0 Å². The standard InChI is InChI=1S/C24H24ClFN6O2/c25-18-9-14(6-7-19(18)26)11-30-23(33)16-4-1-3-15(10-16)20-13-29-22(27)21(32-20)24(34)31-17-5-2-8-28-12-17/h1,3-4,6-7,9-10,13,17,28H,2,5,8,11-12H2,(H2,27,29)(H,30,33)(H,31,34)/t17-/m0/s1. The molecule has 1 fully saturated rings. The zero-order valence-electron chi connectivity index (χ0n) is 18.3. The van der Waals surface area contributed by atoms with Gasteiger partial charge in [-0.25, -0.2) is 14.4 Å². The molecule has 1 aliphatic heterocycles. The molecule has 5 N–H and O–H groups in total. The lowest BCUT2D eigenvalue weighted by Crippen LogP contribution is -2.46. The summed E-state index contributed by atoms with van der Waals surface area (Å²) < 4.78 is 13.3. The summed E-state index contributed by atoms with van der Waals surface area (Å²) in [6, 6.07) is 11.1. The van der Waals surface area contributed by atoms with Crippen LogP contribution in [0.1, 0.15) is 39.3 Å². The van der Waals surface area contributed by atoms with E-state index >= 15 is 0 Å². The Balaban J connectivity index is 1.48. The normalized spacial score (nSPS) is 15.5. The number of piperidine rings is 1. The molecular formula is C24H24ClFN6O2. The largest absolute Gasteiger partial charge is 0.382 e. The lowest BCUT2D eigenvalue weighted by molar-refractivity contribution is 0.0923. The Hall–Kier alpha value is -3.56. The van der Waals surface area contributed by atoms with E-state index in [1.807, 2.05) is 0 Å². The Morgan fingerprint density at radius 1 is 1.21 bits per heavy atom. The van der Waals surface area contributed by atoms with Gasteiger partial charge in [0, 0.05) is 30.3 Å². The lowest BCUT2D eigenvalue weighted by atomic mass is 10.1. The molecule has 0 unspecified atom stereocenters. The fourth-order valence-electron chi connectivity index (χ4n) is 3.69. The van der Waals surface area contributed by atoms with Crippen LogP contribution in [0.25, 0.3) is 11.3 Å². The number of anilines is 1. The van der Waals surface area contributed by atoms with Gasteiger partial charge in [-0.2, -0.15) is 0 Å². The fraction of sp³-hybridized carbons (Fsp3) is 0.250. The number of hydrogen-bond donors (Lipinski definition) is 4. The zero-order chi connectivity index (χ0) is 24.1. The number of halogens is 2. The van der Waals surface area contributed by atoms with E-state index in [4.69, 9.17) is 17.3 Å². The molecule has 176 valence electrons. The maximum absolute atomic E-state index is 13.3. The first-order valence-corrected chi connectivity index (χ1v) is 11.2. The minimum atomic E-state index is -0.516. The van der Waals surface area contributed by atoms with Gasteiger partial charge in [0.2, 0.25) is 0 Å². The minimum Gasteiger partial charge on any atom is -0.382 e. The molecule has 2 heterocycles. The molecule has 2 amide bonds. The fourth-order valence-corrected chi connectivity index (χ4v) is 3.89. The van der Waals surface area contributed by atoms with Gasteiger partial charge in [0.05, 0.1) is 16.9 Å². The van der Waals surface area contributed by atoms with Crippen LogP contribution in [-0.2, 0) is 6.54 Å². The van der Waals surface area contributed by atoms with E-state index in [2.05, 4.69) is 25.9 Å². The second-order valence-electron chi connectivity index (χ2n) is 8.02. The number of benzene rings is 2. The molecule has 0 radical (unpaired) electrons. The molecular weight excluding hydrogens is 459 g/mol. The quantitative estimate of drug-likeness (QED) is 0.428. The highest BCUT2D eigenvalue weighted by Gasteiger charge is 2.20. The monoisotopic (exact) mass is 482 g/mol. The summed E-state index contributed by atoms with van der Waals surface area (Å²) in [6.07, 6.45) is 3.33. The van der Waals surface area contributed by atoms with Gasteiger partial charge in [-0.1, -0.05) is 29.8 Å². The first-order valence-electron chi connectivity index (χ1n) is 10.9. The minimum absolute atomic E-state index is 0.00439. The molecule has 3 aromatic rings. The number of amides is 2. The number of nitrogens with one attached hydrogen (secondary N) is 3. The topological polar surface area (TPSA) is 122 Å². The van der Waals surface area contributed by atoms with Gasteiger partial charge in [0.25, 0.3) is 11.8 Å². The number of nitrogens with two attached hydrogens (primary N) is 1. The Labute approximate surface area is 201 Å². The van der Waals surface area contributed by atoms with Gasteiger partial charge in [-0.05, 0) is 49.2 Å². The number of hydrogen-bond acceptors (Lipinski definition) is 6. The van der Waals surface area contributed by atoms with Crippen molar-refractivity contribution in [1.29, 1.82) is 0 Å². The van der Waals surface area contributed by atoms with Gasteiger partial charge in [-0.3, -0.25) is 9.59 Å². The Kier molecular flexibility index (Phi) is 7.34. The van der Waals surface area contributed by atoms with E-state index in [-0.39, 0.29) is 40.9 Å². The summed E-state index contributed by atoms with van der Waals surface area (Å²) in [6.45, 7) is 1.82. The predicted molar refractivity (Wildman–Crippen MR) is 128 cm³/mol. The average Bonchev–Trinajstić information content (AvgIpc) is 2.85. The summed E-state index contributed by atoms with van der Waals surface area (Å²) in [4.78, 5) is 33.9. The molecule has 8 nitrogen and oxygen atoms in total. The van der Waals surface area contributed by atoms with Crippen LogP contribution in [0, 0.1) is 5.82 Å². The number of rotatable bonds is 6. The first kappa shape index (κ1) is 23.6. The van der Waals surface area contributed by atoms with Crippen molar-refractivity contribution >= 4 is 29.2 Å². The summed E-state index contributed by atoms with van der Waals surface area (Å²) in [5.74, 6) is -1.18. The van der Waals surface area contributed by atoms with E-state index in [0.717, 1.165) is 19.4 Å². The predicted octanol–water partition coefficient (Wildman–Crippen LogP) is 2.93. The van der Waals surface area contributed by atoms with Crippen LogP contribution in [0.2, 0.25) is 5.02 Å². The Morgan fingerprint density at radius 2 is 2.06 bits per heavy atom. The van der Waals surface area contributed by atoms with E-state index < -0.39 is 5.82 Å². The van der Waals surface area contributed by atoms with E-state index in [1.165, 1.54) is 18.3 Å². The summed E-state index contributed by atoms with van der Waals surface area (Å²) in [5.41, 5.74) is 8.06. The number of aromatic nitrogens is 2. The number of carbonyl (C=O) groups is 2. The first-order chi connectivity index (χ1) is 16.4. The van der Waals surface area contributed by atoms with Crippen LogP contribution in [0.3, 0.4) is 0 Å². The second kappa shape index (κ2) is 10.6. The summed E-state index contributed by atoms with van der Waals surface area (Å²) >= 11 is 5.79. The van der Waals surface area contributed by atoms with E-state index in [1.54, 1.807) is 30.3 Å². The van der Waals surface area contributed by atoms with Crippen LogP contribution >= 0.6 is 11.6 Å². The van der Waals surface area contributed by atoms with E-state index in [0.29, 0.717) is 28.9 Å². The van der Waals surface area contributed by atoms with Crippen molar-refractivity contribution in [2.45, 2.75) is 25.4 Å². The van der Waals surface area contributed by atoms with Crippen LogP contribution in [0.5, 0.6) is 0 Å². The van der Waals surface area contributed by atoms with Crippen molar-refractivity contribution in [3.8, 4) is 11.3 Å². The molecule has 0 bridgehead atoms. The molecule has 2 aromatic carbocycles. The van der Waals surface area contributed by atoms with E-state index in [9.17, 15) is 14.0 Å². The van der Waals surface area contributed by atoms with Crippen molar-refractivity contribution in [1.82, 2.24) is 25.9 Å². The molecule has 10 heteroatoms. The second-order valence-corrected chi connectivity index (χ2v) is 8.42. The third-order valence-electron chi connectivity index (χ3n) is 5.51. The van der Waals surface area contributed by atoms with Crippen molar-refractivity contribution in [2.75, 3.05) is 18.8 Å². The van der Waals surface area contributed by atoms with Crippen LogP contribution in [0.4, 0.5) is 10.2 Å². The highest BCUT2D eigenvalue weighted by molar-refractivity contribution is 6.30. The molecule has 0 spiro atoms. The lowest BCUT2D eigenvalue weighted by Gasteiger charge is -2.23. The smallest absolute Gasteiger partial charge is 0.274 e. The van der Waals surface area contributed by atoms with Crippen molar-refractivity contribution < 1.29 is 14.0 Å². The third-order valence-corrected chi connectivity index (χ3v) is 5.80. The maximum Gasteiger partial charge on any atom is 0.274 e. The SMILES string of the molecule is Nc1ncc(-c2cccc(C(=O)NCc3ccc(F)c(Cl)c3)c2)nc1C(=O)N[C@H]1CCCNC1. The Bertz CT molecular complexity index is 1220. The summed E-state index contributed by atoms with van der Waals surface area (Å²) in [7, 11) is 0. The molecule has 0 aliphatic carbocycles. The van der Waals surface area contributed by atoms with Crippen molar-refractivity contribution in [3.05, 3.63) is 76.3 Å². The highest BCUT2D eigenvalue weighted by Crippen LogP contribution is 2.21. The number of carbonyl (C=O) groups excluding carboxylic acids is 2.